The number of hydrogen-bond donors (Lipinski definition) is 0. The summed E-state index contributed by atoms with van der Waals surface area (Å²) in [6, 6.07) is 13.4. The lowest BCUT2D eigenvalue weighted by atomic mass is 10.1. The normalized spacial score (nSPS) is 18.4. The van der Waals surface area contributed by atoms with Crippen LogP contribution in [0.3, 0.4) is 0 Å². The monoisotopic (exact) mass is 424 g/mol. The second-order valence-electron chi connectivity index (χ2n) is 8.73. The first kappa shape index (κ1) is 21.8. The number of halogens is 1. The van der Waals surface area contributed by atoms with Crippen molar-refractivity contribution in [2.75, 3.05) is 63.8 Å². The SMILES string of the molecule is Cc1cccc(N2CCN(CC(=O)N3CCN(Cc4ccccc4F)CC3)CC2)c1C. The molecule has 2 aliphatic rings. The highest BCUT2D eigenvalue weighted by molar-refractivity contribution is 5.78. The van der Waals surface area contributed by atoms with E-state index in [4.69, 9.17) is 0 Å². The van der Waals surface area contributed by atoms with Crippen molar-refractivity contribution in [3.05, 3.63) is 65.0 Å². The highest BCUT2D eigenvalue weighted by Crippen LogP contribution is 2.24. The molecule has 0 radical (unpaired) electrons. The van der Waals surface area contributed by atoms with Gasteiger partial charge in [-0.3, -0.25) is 14.6 Å². The van der Waals surface area contributed by atoms with E-state index in [-0.39, 0.29) is 11.7 Å². The van der Waals surface area contributed by atoms with Crippen molar-refractivity contribution >= 4 is 11.6 Å². The van der Waals surface area contributed by atoms with Gasteiger partial charge in [-0.15, -0.1) is 0 Å². The molecule has 0 spiro atoms. The van der Waals surface area contributed by atoms with E-state index in [1.54, 1.807) is 6.07 Å². The smallest absolute Gasteiger partial charge is 0.236 e. The van der Waals surface area contributed by atoms with E-state index in [2.05, 4.69) is 46.7 Å². The van der Waals surface area contributed by atoms with Crippen LogP contribution in [-0.4, -0.2) is 79.5 Å². The minimum absolute atomic E-state index is 0.152. The van der Waals surface area contributed by atoms with Gasteiger partial charge in [0.05, 0.1) is 6.54 Å². The Hall–Kier alpha value is -2.44. The van der Waals surface area contributed by atoms with Crippen LogP contribution in [0.2, 0.25) is 0 Å². The van der Waals surface area contributed by atoms with Crippen LogP contribution in [0.25, 0.3) is 0 Å². The number of hydrogen-bond acceptors (Lipinski definition) is 4. The highest BCUT2D eigenvalue weighted by atomic mass is 19.1. The van der Waals surface area contributed by atoms with Crippen molar-refractivity contribution in [2.24, 2.45) is 0 Å². The molecule has 6 heteroatoms. The first-order valence-corrected chi connectivity index (χ1v) is 11.3. The van der Waals surface area contributed by atoms with E-state index in [0.29, 0.717) is 13.1 Å². The molecule has 0 aliphatic carbocycles. The molecular formula is C25H33FN4O. The third kappa shape index (κ3) is 5.25. The molecule has 0 aromatic heterocycles. The third-order valence-electron chi connectivity index (χ3n) is 6.72. The zero-order valence-corrected chi connectivity index (χ0v) is 18.7. The highest BCUT2D eigenvalue weighted by Gasteiger charge is 2.25. The van der Waals surface area contributed by atoms with Crippen LogP contribution in [0.15, 0.2) is 42.5 Å². The zero-order chi connectivity index (χ0) is 21.8. The lowest BCUT2D eigenvalue weighted by molar-refractivity contribution is -0.134. The van der Waals surface area contributed by atoms with E-state index >= 15 is 0 Å². The van der Waals surface area contributed by atoms with E-state index in [1.165, 1.54) is 22.9 Å². The van der Waals surface area contributed by atoms with Crippen molar-refractivity contribution in [2.45, 2.75) is 20.4 Å². The molecule has 31 heavy (non-hydrogen) atoms. The zero-order valence-electron chi connectivity index (χ0n) is 18.7. The van der Waals surface area contributed by atoms with Crippen LogP contribution in [-0.2, 0) is 11.3 Å². The van der Waals surface area contributed by atoms with Gasteiger partial charge in [-0.05, 0) is 37.1 Å². The fourth-order valence-corrected chi connectivity index (χ4v) is 4.54. The number of benzene rings is 2. The maximum atomic E-state index is 13.9. The predicted octanol–water partition coefficient (Wildman–Crippen LogP) is 2.91. The van der Waals surface area contributed by atoms with Gasteiger partial charge < -0.3 is 9.80 Å². The number of amides is 1. The number of rotatable bonds is 5. The molecule has 0 bridgehead atoms. The molecule has 5 nitrogen and oxygen atoms in total. The fourth-order valence-electron chi connectivity index (χ4n) is 4.54. The second kappa shape index (κ2) is 9.79. The number of carbonyl (C=O) groups excluding carboxylic acids is 1. The van der Waals surface area contributed by atoms with Crippen LogP contribution in [0.4, 0.5) is 10.1 Å². The summed E-state index contributed by atoms with van der Waals surface area (Å²) in [5.74, 6) is 0.0618. The van der Waals surface area contributed by atoms with Crippen LogP contribution < -0.4 is 4.90 Å². The molecule has 0 atom stereocenters. The Morgan fingerprint density at radius 2 is 1.52 bits per heavy atom. The largest absolute Gasteiger partial charge is 0.369 e. The van der Waals surface area contributed by atoms with Gasteiger partial charge in [0, 0.05) is 70.2 Å². The molecule has 2 aliphatic heterocycles. The molecule has 2 aromatic rings. The fraction of sp³-hybridized carbons (Fsp3) is 0.480. The predicted molar refractivity (Wildman–Crippen MR) is 123 cm³/mol. The Balaban J connectivity index is 1.22. The average Bonchev–Trinajstić information content (AvgIpc) is 2.78. The molecular weight excluding hydrogens is 391 g/mol. The first-order valence-electron chi connectivity index (χ1n) is 11.3. The Morgan fingerprint density at radius 1 is 0.839 bits per heavy atom. The van der Waals surface area contributed by atoms with Crippen molar-refractivity contribution in [3.63, 3.8) is 0 Å². The number of piperazine rings is 2. The average molecular weight is 425 g/mol. The number of nitrogens with zero attached hydrogens (tertiary/aromatic N) is 4. The standard InChI is InChI=1S/C25H33FN4O/c1-20-6-5-9-24(21(20)2)29-14-10-28(11-15-29)19-25(31)30-16-12-27(13-17-30)18-22-7-3-4-8-23(22)26/h3-9H,10-19H2,1-2H3. The molecule has 0 unspecified atom stereocenters. The third-order valence-corrected chi connectivity index (χ3v) is 6.72. The van der Waals surface area contributed by atoms with E-state index < -0.39 is 0 Å². The first-order chi connectivity index (χ1) is 15.0. The van der Waals surface area contributed by atoms with Crippen molar-refractivity contribution in [3.8, 4) is 0 Å². The Kier molecular flexibility index (Phi) is 6.88. The van der Waals surface area contributed by atoms with E-state index in [1.807, 2.05) is 17.0 Å². The molecule has 2 fully saturated rings. The molecule has 2 aromatic carbocycles. The van der Waals surface area contributed by atoms with Crippen LogP contribution in [0, 0.1) is 19.7 Å². The Labute approximate surface area is 185 Å². The van der Waals surface area contributed by atoms with E-state index in [9.17, 15) is 9.18 Å². The summed E-state index contributed by atoms with van der Waals surface area (Å²) in [6.07, 6.45) is 0. The molecule has 0 saturated carbocycles. The molecule has 2 heterocycles. The van der Waals surface area contributed by atoms with Crippen molar-refractivity contribution in [1.82, 2.24) is 14.7 Å². The maximum absolute atomic E-state index is 13.9. The van der Waals surface area contributed by atoms with Gasteiger partial charge in [0.25, 0.3) is 0 Å². The van der Waals surface area contributed by atoms with Gasteiger partial charge in [0.2, 0.25) is 5.91 Å². The molecule has 1 amide bonds. The quantitative estimate of drug-likeness (QED) is 0.738. The number of carbonyl (C=O) groups is 1. The van der Waals surface area contributed by atoms with Crippen LogP contribution in [0.1, 0.15) is 16.7 Å². The van der Waals surface area contributed by atoms with Crippen molar-refractivity contribution in [1.29, 1.82) is 0 Å². The molecule has 0 N–H and O–H groups in total. The molecule has 2 saturated heterocycles. The summed E-state index contributed by atoms with van der Waals surface area (Å²) in [6.45, 7) is 12.2. The van der Waals surface area contributed by atoms with Gasteiger partial charge in [0.15, 0.2) is 0 Å². The summed E-state index contributed by atoms with van der Waals surface area (Å²) < 4.78 is 13.9. The number of aryl methyl sites for hydroxylation is 1. The minimum atomic E-state index is -0.152. The Bertz CT molecular complexity index is 902. The summed E-state index contributed by atoms with van der Waals surface area (Å²) in [5.41, 5.74) is 4.71. The topological polar surface area (TPSA) is 30.0 Å². The van der Waals surface area contributed by atoms with Crippen LogP contribution in [0.5, 0.6) is 0 Å². The summed E-state index contributed by atoms with van der Waals surface area (Å²) in [5, 5.41) is 0. The summed E-state index contributed by atoms with van der Waals surface area (Å²) in [7, 11) is 0. The Morgan fingerprint density at radius 3 is 2.23 bits per heavy atom. The van der Waals surface area contributed by atoms with Gasteiger partial charge in [-0.25, -0.2) is 4.39 Å². The van der Waals surface area contributed by atoms with Gasteiger partial charge >= 0.3 is 0 Å². The van der Waals surface area contributed by atoms with Gasteiger partial charge in [-0.2, -0.15) is 0 Å². The minimum Gasteiger partial charge on any atom is -0.369 e. The lowest BCUT2D eigenvalue weighted by Gasteiger charge is -2.39. The van der Waals surface area contributed by atoms with Gasteiger partial charge in [0.1, 0.15) is 5.82 Å². The lowest BCUT2D eigenvalue weighted by Crippen LogP contribution is -2.53. The number of anilines is 1. The van der Waals surface area contributed by atoms with Gasteiger partial charge in [-0.1, -0.05) is 30.3 Å². The summed E-state index contributed by atoms with van der Waals surface area (Å²) in [4.78, 5) is 21.7. The van der Waals surface area contributed by atoms with E-state index in [0.717, 1.165) is 57.9 Å². The van der Waals surface area contributed by atoms with Crippen LogP contribution >= 0.6 is 0 Å². The maximum Gasteiger partial charge on any atom is 0.236 e. The molecule has 166 valence electrons. The summed E-state index contributed by atoms with van der Waals surface area (Å²) >= 11 is 0. The molecule has 4 rings (SSSR count). The second-order valence-corrected chi connectivity index (χ2v) is 8.73. The van der Waals surface area contributed by atoms with Crippen molar-refractivity contribution < 1.29 is 9.18 Å².